The Balaban J connectivity index is 1.97. The molecule has 0 aliphatic heterocycles. The molecular weight excluding hydrogens is 370 g/mol. The van der Waals surface area contributed by atoms with Crippen LogP contribution < -0.4 is 0 Å². The van der Waals surface area contributed by atoms with Gasteiger partial charge in [-0.2, -0.15) is 10.2 Å². The first kappa shape index (κ1) is 17.0. The maximum Gasteiger partial charge on any atom is 0.227 e. The molecule has 120 valence electrons. The highest BCUT2D eigenvalue weighted by atomic mass is 79.9. The first-order valence-electron chi connectivity index (χ1n) is 7.05. The van der Waals surface area contributed by atoms with Gasteiger partial charge in [0, 0.05) is 26.0 Å². The molecule has 2 aromatic heterocycles. The number of aromatic nitrogens is 4. The second kappa shape index (κ2) is 7.28. The van der Waals surface area contributed by atoms with Crippen molar-refractivity contribution in [3.63, 3.8) is 0 Å². The summed E-state index contributed by atoms with van der Waals surface area (Å²) in [4.78, 5) is 14.1. The Bertz CT molecular complexity index is 653. The molecule has 22 heavy (non-hydrogen) atoms. The van der Waals surface area contributed by atoms with Crippen LogP contribution >= 0.6 is 27.5 Å². The zero-order chi connectivity index (χ0) is 16.3. The van der Waals surface area contributed by atoms with Crippen LogP contribution in [0.5, 0.6) is 0 Å². The van der Waals surface area contributed by atoms with Crippen molar-refractivity contribution in [1.29, 1.82) is 0 Å². The standard InChI is InChI=1S/C14H19BrClN5O/c1-4-20-8-12(16)13(18-20)9-19(3)14(22)10(2)6-21-7-11(15)5-17-21/h5,7-8,10H,4,6,9H2,1-3H3. The summed E-state index contributed by atoms with van der Waals surface area (Å²) >= 11 is 9.49. The summed E-state index contributed by atoms with van der Waals surface area (Å²) in [6, 6.07) is 0. The average molecular weight is 389 g/mol. The predicted molar refractivity (Wildman–Crippen MR) is 88.5 cm³/mol. The van der Waals surface area contributed by atoms with Gasteiger partial charge in [-0.15, -0.1) is 0 Å². The van der Waals surface area contributed by atoms with Crippen LogP contribution in [0.25, 0.3) is 0 Å². The molecule has 0 radical (unpaired) electrons. The van der Waals surface area contributed by atoms with E-state index >= 15 is 0 Å². The van der Waals surface area contributed by atoms with Crippen molar-refractivity contribution in [1.82, 2.24) is 24.5 Å². The zero-order valence-corrected chi connectivity index (χ0v) is 15.2. The third kappa shape index (κ3) is 4.10. The topological polar surface area (TPSA) is 56.0 Å². The highest BCUT2D eigenvalue weighted by molar-refractivity contribution is 9.10. The number of nitrogens with zero attached hydrogens (tertiary/aromatic N) is 5. The Morgan fingerprint density at radius 3 is 2.73 bits per heavy atom. The summed E-state index contributed by atoms with van der Waals surface area (Å²) in [7, 11) is 1.76. The van der Waals surface area contributed by atoms with Crippen LogP contribution in [0, 0.1) is 5.92 Å². The molecule has 0 aliphatic carbocycles. The van der Waals surface area contributed by atoms with E-state index in [9.17, 15) is 4.79 Å². The van der Waals surface area contributed by atoms with Gasteiger partial charge in [-0.3, -0.25) is 14.2 Å². The largest absolute Gasteiger partial charge is 0.339 e. The van der Waals surface area contributed by atoms with Gasteiger partial charge in [-0.05, 0) is 22.9 Å². The molecule has 6 nitrogen and oxygen atoms in total. The van der Waals surface area contributed by atoms with E-state index in [0.717, 1.165) is 11.0 Å². The van der Waals surface area contributed by atoms with Crippen molar-refractivity contribution < 1.29 is 4.79 Å². The molecule has 2 aromatic rings. The number of hydrogen-bond donors (Lipinski definition) is 0. The quantitative estimate of drug-likeness (QED) is 0.764. The maximum atomic E-state index is 12.4. The van der Waals surface area contributed by atoms with Gasteiger partial charge in [-0.25, -0.2) is 0 Å². The monoisotopic (exact) mass is 387 g/mol. The normalized spacial score (nSPS) is 12.4. The van der Waals surface area contributed by atoms with Crippen LogP contribution in [0.2, 0.25) is 5.02 Å². The van der Waals surface area contributed by atoms with Gasteiger partial charge in [0.05, 0.1) is 34.7 Å². The molecule has 0 fully saturated rings. The number of hydrogen-bond acceptors (Lipinski definition) is 3. The van der Waals surface area contributed by atoms with Gasteiger partial charge < -0.3 is 4.90 Å². The minimum atomic E-state index is -0.177. The first-order valence-corrected chi connectivity index (χ1v) is 8.22. The maximum absolute atomic E-state index is 12.4. The average Bonchev–Trinajstić information content (AvgIpc) is 3.04. The van der Waals surface area contributed by atoms with E-state index in [2.05, 4.69) is 26.1 Å². The number of carbonyl (C=O) groups excluding carboxylic acids is 1. The number of rotatable bonds is 6. The minimum Gasteiger partial charge on any atom is -0.339 e. The Hall–Kier alpha value is -1.34. The molecule has 8 heteroatoms. The van der Waals surface area contributed by atoms with Crippen molar-refractivity contribution >= 4 is 33.4 Å². The summed E-state index contributed by atoms with van der Waals surface area (Å²) in [5.41, 5.74) is 0.716. The molecule has 0 aromatic carbocycles. The minimum absolute atomic E-state index is 0.0359. The van der Waals surface area contributed by atoms with Crippen LogP contribution in [-0.2, 0) is 24.4 Å². The predicted octanol–water partition coefficient (Wildman–Crippen LogP) is 2.81. The first-order chi connectivity index (χ1) is 10.4. The molecule has 2 rings (SSSR count). The summed E-state index contributed by atoms with van der Waals surface area (Å²) < 4.78 is 4.41. The number of aryl methyl sites for hydroxylation is 1. The van der Waals surface area contributed by atoms with Crippen LogP contribution in [0.15, 0.2) is 23.1 Å². The molecule has 0 saturated heterocycles. The highest BCUT2D eigenvalue weighted by Crippen LogP contribution is 2.17. The van der Waals surface area contributed by atoms with Crippen molar-refractivity contribution in [3.8, 4) is 0 Å². The second-order valence-electron chi connectivity index (χ2n) is 5.26. The Morgan fingerprint density at radius 1 is 1.45 bits per heavy atom. The van der Waals surface area contributed by atoms with Crippen LogP contribution in [-0.4, -0.2) is 37.4 Å². The molecule has 0 bridgehead atoms. The Labute approximate surface area is 143 Å². The lowest BCUT2D eigenvalue weighted by Crippen LogP contribution is -2.33. The number of halogens is 2. The van der Waals surface area contributed by atoms with E-state index in [4.69, 9.17) is 11.6 Å². The van der Waals surface area contributed by atoms with Crippen LogP contribution in [0.3, 0.4) is 0 Å². The van der Waals surface area contributed by atoms with Crippen LogP contribution in [0.1, 0.15) is 19.5 Å². The molecular formula is C14H19BrClN5O. The molecule has 1 unspecified atom stereocenters. The summed E-state index contributed by atoms with van der Waals surface area (Å²) in [5, 5.41) is 9.12. The van der Waals surface area contributed by atoms with Gasteiger partial charge in [0.1, 0.15) is 5.69 Å². The fourth-order valence-corrected chi connectivity index (χ4v) is 2.72. The molecule has 2 heterocycles. The fourth-order valence-electron chi connectivity index (χ4n) is 2.18. The second-order valence-corrected chi connectivity index (χ2v) is 6.58. The number of amides is 1. The third-order valence-electron chi connectivity index (χ3n) is 3.36. The van der Waals surface area contributed by atoms with E-state index in [1.54, 1.807) is 33.7 Å². The zero-order valence-electron chi connectivity index (χ0n) is 12.8. The van der Waals surface area contributed by atoms with Crippen molar-refractivity contribution in [3.05, 3.63) is 33.8 Å². The molecule has 0 aliphatic rings. The highest BCUT2D eigenvalue weighted by Gasteiger charge is 2.20. The van der Waals surface area contributed by atoms with E-state index in [-0.39, 0.29) is 11.8 Å². The SMILES string of the molecule is CCn1cc(Cl)c(CN(C)C(=O)C(C)Cn2cc(Br)cn2)n1. The summed E-state index contributed by atoms with van der Waals surface area (Å²) in [6.45, 7) is 5.57. The van der Waals surface area contributed by atoms with Crippen molar-refractivity contribution in [2.75, 3.05) is 7.05 Å². The fraction of sp³-hybridized carbons (Fsp3) is 0.500. The van der Waals surface area contributed by atoms with Gasteiger partial charge in [0.15, 0.2) is 0 Å². The lowest BCUT2D eigenvalue weighted by molar-refractivity contribution is -0.134. The van der Waals surface area contributed by atoms with E-state index < -0.39 is 0 Å². The summed E-state index contributed by atoms with van der Waals surface area (Å²) in [6.07, 6.45) is 5.33. The van der Waals surface area contributed by atoms with E-state index in [0.29, 0.717) is 23.8 Å². The van der Waals surface area contributed by atoms with Gasteiger partial charge in [0.25, 0.3) is 0 Å². The molecule has 1 amide bonds. The Morgan fingerprint density at radius 2 is 2.18 bits per heavy atom. The summed E-state index contributed by atoms with van der Waals surface area (Å²) in [5.74, 6) is -0.141. The smallest absolute Gasteiger partial charge is 0.227 e. The van der Waals surface area contributed by atoms with E-state index in [1.807, 2.05) is 20.0 Å². The lowest BCUT2D eigenvalue weighted by atomic mass is 10.1. The molecule has 0 N–H and O–H groups in total. The van der Waals surface area contributed by atoms with Gasteiger partial charge in [-0.1, -0.05) is 18.5 Å². The van der Waals surface area contributed by atoms with Crippen molar-refractivity contribution in [2.24, 2.45) is 5.92 Å². The molecule has 0 saturated carbocycles. The molecule has 1 atom stereocenters. The number of carbonyl (C=O) groups is 1. The Kier molecular flexibility index (Phi) is 5.63. The van der Waals surface area contributed by atoms with Crippen molar-refractivity contribution in [2.45, 2.75) is 33.5 Å². The van der Waals surface area contributed by atoms with Gasteiger partial charge >= 0.3 is 0 Å². The third-order valence-corrected chi connectivity index (χ3v) is 4.08. The van der Waals surface area contributed by atoms with Gasteiger partial charge in [0.2, 0.25) is 5.91 Å². The van der Waals surface area contributed by atoms with E-state index in [1.165, 1.54) is 0 Å². The van der Waals surface area contributed by atoms with Crippen LogP contribution in [0.4, 0.5) is 0 Å². The molecule has 0 spiro atoms. The lowest BCUT2D eigenvalue weighted by Gasteiger charge is -2.20.